The molecule has 0 saturated carbocycles. The Morgan fingerprint density at radius 1 is 1.33 bits per heavy atom. The summed E-state index contributed by atoms with van der Waals surface area (Å²) in [7, 11) is 0. The first kappa shape index (κ1) is 15.3. The molecule has 2 aliphatic rings. The van der Waals surface area contributed by atoms with E-state index in [-0.39, 0.29) is 17.9 Å². The number of amides is 1. The van der Waals surface area contributed by atoms with Gasteiger partial charge in [0.15, 0.2) is 11.5 Å². The molecule has 8 heteroatoms. The van der Waals surface area contributed by atoms with E-state index in [1.54, 1.807) is 6.92 Å². The van der Waals surface area contributed by atoms with Crippen molar-refractivity contribution in [2.24, 2.45) is 5.92 Å². The average molecular weight is 331 g/mol. The van der Waals surface area contributed by atoms with Gasteiger partial charge in [0.1, 0.15) is 6.04 Å². The Kier molecular flexibility index (Phi) is 4.05. The van der Waals surface area contributed by atoms with E-state index in [0.29, 0.717) is 30.6 Å². The summed E-state index contributed by atoms with van der Waals surface area (Å²) in [5.41, 5.74) is 2.62. The van der Waals surface area contributed by atoms with E-state index in [4.69, 9.17) is 9.26 Å². The van der Waals surface area contributed by atoms with E-state index >= 15 is 0 Å². The van der Waals surface area contributed by atoms with Crippen molar-refractivity contribution in [1.82, 2.24) is 25.7 Å². The molecule has 3 heterocycles. The van der Waals surface area contributed by atoms with Crippen LogP contribution in [0.15, 0.2) is 4.52 Å². The maximum absolute atomic E-state index is 12.8. The number of ether oxygens (including phenoxy) is 1. The molecule has 0 spiro atoms. The van der Waals surface area contributed by atoms with Crippen LogP contribution in [-0.4, -0.2) is 39.5 Å². The Labute approximate surface area is 139 Å². The van der Waals surface area contributed by atoms with Crippen LogP contribution in [0.1, 0.15) is 58.8 Å². The van der Waals surface area contributed by atoms with Crippen LogP contribution in [0.2, 0.25) is 0 Å². The van der Waals surface area contributed by atoms with Crippen LogP contribution in [0.25, 0.3) is 0 Å². The number of carbonyl (C=O) groups excluding carboxylic acids is 1. The molecule has 2 aromatic rings. The maximum Gasteiger partial charge on any atom is 0.272 e. The van der Waals surface area contributed by atoms with Gasteiger partial charge in [0, 0.05) is 24.5 Å². The first-order valence-electron chi connectivity index (χ1n) is 8.47. The lowest BCUT2D eigenvalue weighted by molar-refractivity contribution is 0.0467. The highest BCUT2D eigenvalue weighted by molar-refractivity contribution is 5.94. The van der Waals surface area contributed by atoms with E-state index in [1.807, 2.05) is 0 Å². The van der Waals surface area contributed by atoms with Gasteiger partial charge in [-0.3, -0.25) is 9.89 Å². The number of nitrogens with one attached hydrogen (secondary N) is 2. The lowest BCUT2D eigenvalue weighted by Crippen LogP contribution is -2.36. The van der Waals surface area contributed by atoms with E-state index in [2.05, 4.69) is 25.7 Å². The molecule has 8 nitrogen and oxygen atoms in total. The fourth-order valence-corrected chi connectivity index (χ4v) is 3.59. The molecule has 1 fully saturated rings. The van der Waals surface area contributed by atoms with Crippen molar-refractivity contribution in [1.29, 1.82) is 0 Å². The van der Waals surface area contributed by atoms with Crippen molar-refractivity contribution in [3.8, 4) is 0 Å². The summed E-state index contributed by atoms with van der Waals surface area (Å²) in [5.74, 6) is 1.06. The zero-order valence-corrected chi connectivity index (χ0v) is 13.7. The second kappa shape index (κ2) is 6.35. The minimum atomic E-state index is -0.309. The van der Waals surface area contributed by atoms with Gasteiger partial charge in [0.2, 0.25) is 5.89 Å². The van der Waals surface area contributed by atoms with Crippen molar-refractivity contribution in [3.05, 3.63) is 28.7 Å². The summed E-state index contributed by atoms with van der Waals surface area (Å²) in [6.45, 7) is 3.14. The number of aromatic amines is 1. The molecule has 1 aliphatic carbocycles. The van der Waals surface area contributed by atoms with Crippen LogP contribution in [0, 0.1) is 12.8 Å². The number of rotatable bonds is 4. The standard InChI is InChI=1S/C16H21N5O3/c1-9-17-16(24-21-9)13(10-5-7-23-8-6-10)18-15(22)14-11-3-2-4-12(11)19-20-14/h10,13H,2-8H2,1H3,(H,18,22)(H,19,20). The number of aromatic nitrogens is 4. The predicted molar refractivity (Wildman–Crippen MR) is 83.4 cm³/mol. The molecular formula is C16H21N5O3. The highest BCUT2D eigenvalue weighted by atomic mass is 16.5. The largest absolute Gasteiger partial charge is 0.381 e. The highest BCUT2D eigenvalue weighted by Crippen LogP contribution is 2.30. The Balaban J connectivity index is 1.57. The molecule has 128 valence electrons. The molecule has 1 unspecified atom stereocenters. The number of H-pyrrole nitrogens is 1. The summed E-state index contributed by atoms with van der Waals surface area (Å²) < 4.78 is 10.8. The quantitative estimate of drug-likeness (QED) is 0.879. The van der Waals surface area contributed by atoms with Crippen LogP contribution < -0.4 is 5.32 Å². The second-order valence-electron chi connectivity index (χ2n) is 6.46. The zero-order valence-electron chi connectivity index (χ0n) is 13.7. The fraction of sp³-hybridized carbons (Fsp3) is 0.625. The van der Waals surface area contributed by atoms with Gasteiger partial charge in [-0.25, -0.2) is 0 Å². The Bertz CT molecular complexity index is 732. The van der Waals surface area contributed by atoms with Gasteiger partial charge in [-0.1, -0.05) is 5.16 Å². The van der Waals surface area contributed by atoms with Gasteiger partial charge in [0.25, 0.3) is 5.91 Å². The lowest BCUT2D eigenvalue weighted by Gasteiger charge is -2.28. The molecule has 4 rings (SSSR count). The molecule has 1 atom stereocenters. The molecule has 1 amide bonds. The van der Waals surface area contributed by atoms with E-state index in [9.17, 15) is 4.79 Å². The minimum Gasteiger partial charge on any atom is -0.381 e. The molecule has 2 N–H and O–H groups in total. The molecule has 0 aromatic carbocycles. The summed E-state index contributed by atoms with van der Waals surface area (Å²) >= 11 is 0. The van der Waals surface area contributed by atoms with Crippen molar-refractivity contribution in [2.45, 2.75) is 45.1 Å². The number of nitrogens with zero attached hydrogens (tertiary/aromatic N) is 3. The topological polar surface area (TPSA) is 106 Å². The van der Waals surface area contributed by atoms with E-state index in [1.165, 1.54) is 0 Å². The first-order chi connectivity index (χ1) is 11.7. The normalized spacial score (nSPS) is 19.2. The smallest absolute Gasteiger partial charge is 0.272 e. The number of aryl methyl sites for hydroxylation is 2. The molecular weight excluding hydrogens is 310 g/mol. The maximum atomic E-state index is 12.8. The molecule has 0 radical (unpaired) electrons. The first-order valence-corrected chi connectivity index (χ1v) is 8.47. The van der Waals surface area contributed by atoms with Gasteiger partial charge in [-0.05, 0) is 44.9 Å². The van der Waals surface area contributed by atoms with Gasteiger partial charge in [-0.15, -0.1) is 0 Å². The molecule has 1 saturated heterocycles. The van der Waals surface area contributed by atoms with Gasteiger partial charge in [-0.2, -0.15) is 10.1 Å². The van der Waals surface area contributed by atoms with Crippen LogP contribution >= 0.6 is 0 Å². The average Bonchev–Trinajstić information content (AvgIpc) is 3.29. The van der Waals surface area contributed by atoms with Crippen LogP contribution in [0.5, 0.6) is 0 Å². The molecule has 0 bridgehead atoms. The number of carbonyl (C=O) groups is 1. The summed E-state index contributed by atoms with van der Waals surface area (Å²) in [5, 5.41) is 14.1. The van der Waals surface area contributed by atoms with Crippen molar-refractivity contribution in [2.75, 3.05) is 13.2 Å². The summed E-state index contributed by atoms with van der Waals surface area (Å²) in [4.78, 5) is 17.1. The minimum absolute atomic E-state index is 0.179. The van der Waals surface area contributed by atoms with Crippen LogP contribution in [-0.2, 0) is 17.6 Å². The molecule has 1 aliphatic heterocycles. The Hall–Kier alpha value is -2.22. The van der Waals surface area contributed by atoms with Crippen molar-refractivity contribution < 1.29 is 14.1 Å². The van der Waals surface area contributed by atoms with Crippen molar-refractivity contribution >= 4 is 5.91 Å². The number of fused-ring (bicyclic) bond motifs is 1. The summed E-state index contributed by atoms with van der Waals surface area (Å²) in [6.07, 6.45) is 4.63. The fourth-order valence-electron chi connectivity index (χ4n) is 3.59. The van der Waals surface area contributed by atoms with Crippen LogP contribution in [0.3, 0.4) is 0 Å². The van der Waals surface area contributed by atoms with Crippen LogP contribution in [0.4, 0.5) is 0 Å². The van der Waals surface area contributed by atoms with E-state index < -0.39 is 0 Å². The monoisotopic (exact) mass is 331 g/mol. The third-order valence-corrected chi connectivity index (χ3v) is 4.85. The van der Waals surface area contributed by atoms with Gasteiger partial charge < -0.3 is 14.6 Å². The third kappa shape index (κ3) is 2.82. The Morgan fingerprint density at radius 3 is 2.92 bits per heavy atom. The number of hydrogen-bond donors (Lipinski definition) is 2. The number of hydrogen-bond acceptors (Lipinski definition) is 6. The third-order valence-electron chi connectivity index (χ3n) is 4.85. The summed E-state index contributed by atoms with van der Waals surface area (Å²) in [6, 6.07) is -0.309. The van der Waals surface area contributed by atoms with Crippen molar-refractivity contribution in [3.63, 3.8) is 0 Å². The SMILES string of the molecule is Cc1noc(C(NC(=O)c2n[nH]c3c2CCC3)C2CCOCC2)n1. The zero-order chi connectivity index (χ0) is 16.5. The van der Waals surface area contributed by atoms with Gasteiger partial charge >= 0.3 is 0 Å². The Morgan fingerprint density at radius 2 is 2.17 bits per heavy atom. The van der Waals surface area contributed by atoms with E-state index in [0.717, 1.165) is 43.4 Å². The second-order valence-corrected chi connectivity index (χ2v) is 6.46. The lowest BCUT2D eigenvalue weighted by atomic mass is 9.91. The molecule has 2 aromatic heterocycles. The predicted octanol–water partition coefficient (Wildman–Crippen LogP) is 1.49. The molecule has 24 heavy (non-hydrogen) atoms. The van der Waals surface area contributed by atoms with Gasteiger partial charge in [0.05, 0.1) is 0 Å². The highest BCUT2D eigenvalue weighted by Gasteiger charge is 2.33.